The molecule has 0 bridgehead atoms. The van der Waals surface area contributed by atoms with Crippen LogP contribution in [0.3, 0.4) is 0 Å². The maximum absolute atomic E-state index is 4.67. The number of nitrogens with zero attached hydrogens (tertiary/aromatic N) is 5. The van der Waals surface area contributed by atoms with Crippen LogP contribution in [-0.2, 0) is 11.0 Å². The van der Waals surface area contributed by atoms with E-state index in [1.165, 1.54) is 11.8 Å². The van der Waals surface area contributed by atoms with E-state index in [0.717, 1.165) is 13.8 Å². The number of aromatic nitrogens is 5. The van der Waals surface area contributed by atoms with E-state index in [0.29, 0.717) is 5.16 Å². The molecule has 0 spiro atoms. The second-order valence-electron chi connectivity index (χ2n) is 6.49. The van der Waals surface area contributed by atoms with E-state index in [1.807, 2.05) is 20.8 Å². The summed E-state index contributed by atoms with van der Waals surface area (Å²) in [4.78, 5) is 6.29. The lowest BCUT2D eigenvalue weighted by molar-refractivity contribution is 0.304. The van der Waals surface area contributed by atoms with E-state index < -0.39 is 0 Å². The van der Waals surface area contributed by atoms with E-state index in [4.69, 9.17) is 0 Å². The van der Waals surface area contributed by atoms with Crippen LogP contribution in [0.2, 0.25) is 0 Å². The minimum absolute atomic E-state index is 0.0184. The first-order valence-corrected chi connectivity index (χ1v) is 8.65. The SMILES string of the molecule is CC(C)(C)c1nc(Sc2nnn(C(C)(C)C)n2)sc1Br. The van der Waals surface area contributed by atoms with Gasteiger partial charge < -0.3 is 0 Å². The topological polar surface area (TPSA) is 56.5 Å². The lowest BCUT2D eigenvalue weighted by Gasteiger charge is -2.15. The second kappa shape index (κ2) is 5.38. The van der Waals surface area contributed by atoms with Crippen molar-refractivity contribution < 1.29 is 0 Å². The molecule has 0 fully saturated rings. The van der Waals surface area contributed by atoms with E-state index in [2.05, 4.69) is 57.1 Å². The largest absolute Gasteiger partial charge is 0.238 e. The molecular weight excluding hydrogens is 358 g/mol. The van der Waals surface area contributed by atoms with Gasteiger partial charge in [0, 0.05) is 5.41 Å². The summed E-state index contributed by atoms with van der Waals surface area (Å²) in [6, 6.07) is 0. The van der Waals surface area contributed by atoms with Crippen molar-refractivity contribution in [1.82, 2.24) is 25.2 Å². The van der Waals surface area contributed by atoms with Crippen LogP contribution in [0, 0.1) is 0 Å². The smallest absolute Gasteiger partial charge is 0.232 e. The van der Waals surface area contributed by atoms with Crippen LogP contribution in [0.4, 0.5) is 0 Å². The minimum Gasteiger partial charge on any atom is -0.232 e. The Kier molecular flexibility index (Phi) is 4.28. The standard InChI is InChI=1S/C12H18BrN5S2/c1-11(2,3)7-8(13)19-10(14-7)20-9-15-17-18(16-9)12(4,5)6/h1-6H3. The van der Waals surface area contributed by atoms with Crippen molar-refractivity contribution in [1.29, 1.82) is 0 Å². The molecule has 110 valence electrons. The lowest BCUT2D eigenvalue weighted by atomic mass is 9.93. The van der Waals surface area contributed by atoms with Crippen molar-refractivity contribution in [3.05, 3.63) is 9.48 Å². The zero-order chi connectivity index (χ0) is 15.1. The molecule has 0 amide bonds. The van der Waals surface area contributed by atoms with Crippen LogP contribution >= 0.6 is 39.0 Å². The third-order valence-electron chi connectivity index (χ3n) is 2.45. The predicted molar refractivity (Wildman–Crippen MR) is 85.5 cm³/mol. The summed E-state index contributed by atoms with van der Waals surface area (Å²) in [6.45, 7) is 12.6. The summed E-state index contributed by atoms with van der Waals surface area (Å²) in [7, 11) is 0. The lowest BCUT2D eigenvalue weighted by Crippen LogP contribution is -2.24. The van der Waals surface area contributed by atoms with Gasteiger partial charge in [-0.25, -0.2) is 4.98 Å². The number of hydrogen-bond donors (Lipinski definition) is 0. The Morgan fingerprint density at radius 3 is 2.25 bits per heavy atom. The van der Waals surface area contributed by atoms with Crippen LogP contribution in [0.5, 0.6) is 0 Å². The zero-order valence-corrected chi connectivity index (χ0v) is 15.6. The van der Waals surface area contributed by atoms with Crippen molar-refractivity contribution in [2.45, 2.75) is 62.0 Å². The van der Waals surface area contributed by atoms with Gasteiger partial charge in [0.25, 0.3) is 0 Å². The zero-order valence-electron chi connectivity index (χ0n) is 12.4. The molecule has 0 radical (unpaired) electrons. The molecule has 0 saturated carbocycles. The number of thiazole rings is 1. The van der Waals surface area contributed by atoms with Gasteiger partial charge in [-0.3, -0.25) is 0 Å². The first-order chi connectivity index (χ1) is 9.07. The molecule has 0 N–H and O–H groups in total. The highest BCUT2D eigenvalue weighted by Gasteiger charge is 2.23. The summed E-state index contributed by atoms with van der Waals surface area (Å²) in [5.74, 6) is 0. The van der Waals surface area contributed by atoms with Crippen LogP contribution < -0.4 is 0 Å². The fraction of sp³-hybridized carbons (Fsp3) is 0.667. The first-order valence-electron chi connectivity index (χ1n) is 6.22. The van der Waals surface area contributed by atoms with Gasteiger partial charge in [-0.05, 0) is 53.7 Å². The van der Waals surface area contributed by atoms with Crippen molar-refractivity contribution >= 4 is 39.0 Å². The molecular formula is C12H18BrN5S2. The molecule has 0 aliphatic rings. The molecule has 0 aliphatic heterocycles. The van der Waals surface area contributed by atoms with Crippen molar-refractivity contribution in [3.63, 3.8) is 0 Å². The Bertz CT molecular complexity index is 606. The molecule has 2 heterocycles. The van der Waals surface area contributed by atoms with Crippen molar-refractivity contribution in [2.75, 3.05) is 0 Å². The second-order valence-corrected chi connectivity index (χ2v) is 10.0. The summed E-state index contributed by atoms with van der Waals surface area (Å²) in [5, 5.41) is 13.2. The summed E-state index contributed by atoms with van der Waals surface area (Å²) in [6.07, 6.45) is 0. The van der Waals surface area contributed by atoms with Crippen LogP contribution in [-0.4, -0.2) is 25.2 Å². The van der Waals surface area contributed by atoms with Crippen LogP contribution in [0.15, 0.2) is 13.3 Å². The number of hydrogen-bond acceptors (Lipinski definition) is 6. The quantitative estimate of drug-likeness (QED) is 0.790. The molecule has 20 heavy (non-hydrogen) atoms. The monoisotopic (exact) mass is 375 g/mol. The Morgan fingerprint density at radius 1 is 1.15 bits per heavy atom. The molecule has 0 atom stereocenters. The average Bonchev–Trinajstić information content (AvgIpc) is 2.84. The molecule has 2 aromatic rings. The molecule has 0 saturated heterocycles. The third-order valence-corrected chi connectivity index (χ3v) is 5.06. The Morgan fingerprint density at radius 2 is 1.80 bits per heavy atom. The number of halogens is 1. The van der Waals surface area contributed by atoms with Gasteiger partial charge in [-0.1, -0.05) is 32.1 Å². The molecule has 0 unspecified atom stereocenters. The highest BCUT2D eigenvalue weighted by atomic mass is 79.9. The number of rotatable bonds is 2. The van der Waals surface area contributed by atoms with E-state index >= 15 is 0 Å². The van der Waals surface area contributed by atoms with Gasteiger partial charge in [0.2, 0.25) is 5.16 Å². The Balaban J connectivity index is 2.21. The van der Waals surface area contributed by atoms with Gasteiger partial charge >= 0.3 is 0 Å². The van der Waals surface area contributed by atoms with E-state index in [1.54, 1.807) is 16.1 Å². The summed E-state index contributed by atoms with van der Waals surface area (Å²) >= 11 is 6.64. The summed E-state index contributed by atoms with van der Waals surface area (Å²) < 4.78 is 1.99. The summed E-state index contributed by atoms with van der Waals surface area (Å²) in [5.41, 5.74) is 0.921. The van der Waals surface area contributed by atoms with Gasteiger partial charge in [-0.2, -0.15) is 4.80 Å². The van der Waals surface area contributed by atoms with Gasteiger partial charge in [0.1, 0.15) is 0 Å². The molecule has 8 heteroatoms. The fourth-order valence-corrected chi connectivity index (χ4v) is 4.73. The third kappa shape index (κ3) is 3.59. The molecule has 2 aromatic heterocycles. The van der Waals surface area contributed by atoms with Gasteiger partial charge in [0.05, 0.1) is 15.0 Å². The molecule has 0 aliphatic carbocycles. The highest BCUT2D eigenvalue weighted by Crippen LogP contribution is 2.38. The maximum Gasteiger partial charge on any atom is 0.238 e. The van der Waals surface area contributed by atoms with Crippen molar-refractivity contribution in [3.8, 4) is 0 Å². The van der Waals surface area contributed by atoms with E-state index in [-0.39, 0.29) is 11.0 Å². The molecule has 2 rings (SSSR count). The van der Waals surface area contributed by atoms with Gasteiger partial charge in [-0.15, -0.1) is 10.2 Å². The predicted octanol–water partition coefficient (Wildman–Crippen LogP) is 4.10. The minimum atomic E-state index is -0.161. The normalized spacial score (nSPS) is 12.9. The highest BCUT2D eigenvalue weighted by molar-refractivity contribution is 9.11. The maximum atomic E-state index is 4.67. The molecule has 0 aromatic carbocycles. The Labute approximate surface area is 135 Å². The number of tetrazole rings is 1. The first kappa shape index (κ1) is 15.9. The Hall–Kier alpha value is -0.470. The van der Waals surface area contributed by atoms with Crippen LogP contribution in [0.25, 0.3) is 0 Å². The van der Waals surface area contributed by atoms with E-state index in [9.17, 15) is 0 Å². The van der Waals surface area contributed by atoms with Gasteiger partial charge in [0.15, 0.2) is 4.34 Å². The fourth-order valence-electron chi connectivity index (χ4n) is 1.39. The van der Waals surface area contributed by atoms with Crippen LogP contribution in [0.1, 0.15) is 47.2 Å². The average molecular weight is 376 g/mol. The van der Waals surface area contributed by atoms with Crippen molar-refractivity contribution in [2.24, 2.45) is 0 Å². The molecule has 5 nitrogen and oxygen atoms in total.